The molecule has 3 aromatic carbocycles. The van der Waals surface area contributed by atoms with Crippen LogP contribution in [0.15, 0.2) is 78.9 Å². The van der Waals surface area contributed by atoms with E-state index in [1.54, 1.807) is 0 Å². The smallest absolute Gasteiger partial charge is 0.303 e. The zero-order valence-corrected chi connectivity index (χ0v) is 18.6. The number of hydrogen-bond acceptors (Lipinski definition) is 3. The molecule has 0 spiro atoms. The fourth-order valence-corrected chi connectivity index (χ4v) is 3.81. The van der Waals surface area contributed by atoms with E-state index in [1.807, 2.05) is 42.5 Å². The second-order valence-electron chi connectivity index (χ2n) is 8.06. The maximum absolute atomic E-state index is 10.6. The van der Waals surface area contributed by atoms with Crippen LogP contribution in [0.5, 0.6) is 11.5 Å². The molecule has 170 valence electrons. The molecule has 1 heterocycles. The van der Waals surface area contributed by atoms with Crippen LogP contribution < -0.4 is 9.47 Å². The first kappa shape index (κ1) is 22.5. The first-order valence-electron chi connectivity index (χ1n) is 11.4. The molecule has 0 fully saturated rings. The lowest BCUT2D eigenvalue weighted by atomic mass is 10.1. The highest BCUT2D eigenvalue weighted by Crippen LogP contribution is 2.31. The van der Waals surface area contributed by atoms with Crippen molar-refractivity contribution in [2.45, 2.75) is 32.1 Å². The minimum Gasteiger partial charge on any atom is -0.494 e. The van der Waals surface area contributed by atoms with Crippen LogP contribution in [0.3, 0.4) is 0 Å². The van der Waals surface area contributed by atoms with Crippen LogP contribution in [0.2, 0.25) is 0 Å². The van der Waals surface area contributed by atoms with Gasteiger partial charge in [0.25, 0.3) is 0 Å². The second kappa shape index (κ2) is 11.2. The van der Waals surface area contributed by atoms with Gasteiger partial charge in [-0.3, -0.25) is 4.79 Å². The number of benzene rings is 3. The molecular weight excluding hydrogens is 414 g/mol. The second-order valence-corrected chi connectivity index (χ2v) is 8.06. The first-order valence-corrected chi connectivity index (χ1v) is 11.4. The molecule has 0 saturated carbocycles. The molecule has 4 aromatic rings. The highest BCUT2D eigenvalue weighted by atomic mass is 16.5. The van der Waals surface area contributed by atoms with Gasteiger partial charge in [0.2, 0.25) is 0 Å². The average molecular weight is 444 g/mol. The molecule has 33 heavy (non-hydrogen) atoms. The SMILES string of the molecule is O=C(O)CCCOc1ccc(-c2cc3c(OCCCCc4ccccc4)cccc3[nH]2)cc1. The summed E-state index contributed by atoms with van der Waals surface area (Å²) in [6, 6.07) is 26.6. The molecule has 5 heteroatoms. The summed E-state index contributed by atoms with van der Waals surface area (Å²) in [6.45, 7) is 1.09. The van der Waals surface area contributed by atoms with Gasteiger partial charge in [0, 0.05) is 23.0 Å². The van der Waals surface area contributed by atoms with Gasteiger partial charge in [-0.15, -0.1) is 0 Å². The predicted octanol–water partition coefficient (Wildman–Crippen LogP) is 6.48. The minimum absolute atomic E-state index is 0.116. The van der Waals surface area contributed by atoms with Gasteiger partial charge in [-0.25, -0.2) is 0 Å². The molecule has 0 unspecified atom stereocenters. The fourth-order valence-electron chi connectivity index (χ4n) is 3.81. The molecule has 5 nitrogen and oxygen atoms in total. The lowest BCUT2D eigenvalue weighted by Crippen LogP contribution is -2.01. The van der Waals surface area contributed by atoms with Gasteiger partial charge in [0.15, 0.2) is 0 Å². The van der Waals surface area contributed by atoms with Gasteiger partial charge in [-0.05, 0) is 79.3 Å². The number of ether oxygens (including phenoxy) is 2. The lowest BCUT2D eigenvalue weighted by molar-refractivity contribution is -0.137. The largest absolute Gasteiger partial charge is 0.494 e. The first-order chi connectivity index (χ1) is 16.2. The summed E-state index contributed by atoms with van der Waals surface area (Å²) in [4.78, 5) is 14.1. The number of unbranched alkanes of at least 4 members (excludes halogenated alkanes) is 1. The number of carboxylic acid groups (broad SMARTS) is 1. The van der Waals surface area contributed by atoms with E-state index in [2.05, 4.69) is 41.4 Å². The van der Waals surface area contributed by atoms with E-state index in [4.69, 9.17) is 14.6 Å². The van der Waals surface area contributed by atoms with E-state index in [9.17, 15) is 4.79 Å². The standard InChI is InChI=1S/C28H29NO4/c30-28(31)13-7-19-32-23-16-14-22(15-17-23)26-20-24-25(29-26)11-6-12-27(24)33-18-5-4-10-21-8-2-1-3-9-21/h1-3,6,8-9,11-12,14-17,20,29H,4-5,7,10,13,18-19H2,(H,30,31). The van der Waals surface area contributed by atoms with Crippen LogP contribution in [0, 0.1) is 0 Å². The summed E-state index contributed by atoms with van der Waals surface area (Å²) in [5.74, 6) is 0.830. The lowest BCUT2D eigenvalue weighted by Gasteiger charge is -2.07. The van der Waals surface area contributed by atoms with Crippen molar-refractivity contribution >= 4 is 16.9 Å². The van der Waals surface area contributed by atoms with Gasteiger partial charge in [0.1, 0.15) is 11.5 Å². The molecule has 0 amide bonds. The van der Waals surface area contributed by atoms with Gasteiger partial charge in [0.05, 0.1) is 13.2 Å². The number of carboxylic acids is 1. The number of aromatic nitrogens is 1. The predicted molar refractivity (Wildman–Crippen MR) is 131 cm³/mol. The van der Waals surface area contributed by atoms with Crippen molar-refractivity contribution < 1.29 is 19.4 Å². The molecule has 0 bridgehead atoms. The van der Waals surface area contributed by atoms with Gasteiger partial charge in [-0.2, -0.15) is 0 Å². The number of H-pyrrole nitrogens is 1. The fraction of sp³-hybridized carbons (Fsp3) is 0.250. The molecule has 2 N–H and O–H groups in total. The Morgan fingerprint density at radius 1 is 0.818 bits per heavy atom. The average Bonchev–Trinajstić information content (AvgIpc) is 3.28. The van der Waals surface area contributed by atoms with E-state index in [-0.39, 0.29) is 6.42 Å². The van der Waals surface area contributed by atoms with E-state index in [0.717, 1.165) is 52.9 Å². The Balaban J connectivity index is 1.33. The number of carbonyl (C=O) groups is 1. The Labute approximate surface area is 194 Å². The maximum atomic E-state index is 10.6. The van der Waals surface area contributed by atoms with Crippen LogP contribution in [0.1, 0.15) is 31.2 Å². The Bertz CT molecular complexity index is 1170. The molecule has 4 rings (SSSR count). The van der Waals surface area contributed by atoms with Crippen molar-refractivity contribution in [2.24, 2.45) is 0 Å². The Kier molecular flexibility index (Phi) is 7.64. The Hall–Kier alpha value is -3.73. The van der Waals surface area contributed by atoms with Crippen molar-refractivity contribution in [3.63, 3.8) is 0 Å². The Morgan fingerprint density at radius 2 is 1.61 bits per heavy atom. The zero-order valence-electron chi connectivity index (χ0n) is 18.6. The number of rotatable bonds is 12. The molecule has 0 atom stereocenters. The molecule has 0 aliphatic carbocycles. The van der Waals surface area contributed by atoms with Crippen molar-refractivity contribution in [1.82, 2.24) is 4.98 Å². The zero-order chi connectivity index (χ0) is 22.9. The van der Waals surface area contributed by atoms with Gasteiger partial charge >= 0.3 is 5.97 Å². The number of nitrogens with one attached hydrogen (secondary N) is 1. The third-order valence-corrected chi connectivity index (χ3v) is 5.55. The van der Waals surface area contributed by atoms with Gasteiger partial charge < -0.3 is 19.6 Å². The third kappa shape index (κ3) is 6.39. The monoisotopic (exact) mass is 443 g/mol. The molecule has 0 aliphatic rings. The summed E-state index contributed by atoms with van der Waals surface area (Å²) in [5, 5.41) is 9.77. The number of aryl methyl sites for hydroxylation is 1. The third-order valence-electron chi connectivity index (χ3n) is 5.55. The summed E-state index contributed by atoms with van der Waals surface area (Å²) in [7, 11) is 0. The molecule has 0 radical (unpaired) electrons. The van der Waals surface area contributed by atoms with E-state index in [0.29, 0.717) is 19.6 Å². The summed E-state index contributed by atoms with van der Waals surface area (Å²) >= 11 is 0. The van der Waals surface area contributed by atoms with Crippen molar-refractivity contribution in [2.75, 3.05) is 13.2 Å². The highest BCUT2D eigenvalue weighted by molar-refractivity contribution is 5.90. The summed E-state index contributed by atoms with van der Waals surface area (Å²) < 4.78 is 11.7. The molecular formula is C28H29NO4. The Morgan fingerprint density at radius 3 is 2.39 bits per heavy atom. The highest BCUT2D eigenvalue weighted by Gasteiger charge is 2.09. The number of hydrogen-bond donors (Lipinski definition) is 2. The summed E-state index contributed by atoms with van der Waals surface area (Å²) in [6.07, 6.45) is 3.79. The number of fused-ring (bicyclic) bond motifs is 1. The van der Waals surface area contributed by atoms with Gasteiger partial charge in [-0.1, -0.05) is 36.4 Å². The molecule has 1 aromatic heterocycles. The van der Waals surface area contributed by atoms with Crippen LogP contribution in [0.25, 0.3) is 22.2 Å². The van der Waals surface area contributed by atoms with Crippen molar-refractivity contribution in [1.29, 1.82) is 0 Å². The van der Waals surface area contributed by atoms with Crippen LogP contribution in [-0.4, -0.2) is 29.3 Å². The van der Waals surface area contributed by atoms with Crippen LogP contribution >= 0.6 is 0 Å². The molecule has 0 saturated heterocycles. The summed E-state index contributed by atoms with van der Waals surface area (Å²) in [5.41, 5.74) is 4.48. The van der Waals surface area contributed by atoms with E-state index < -0.39 is 5.97 Å². The maximum Gasteiger partial charge on any atom is 0.303 e. The van der Waals surface area contributed by atoms with Crippen molar-refractivity contribution in [3.05, 3.63) is 84.4 Å². The quantitative estimate of drug-likeness (QED) is 0.246. The minimum atomic E-state index is -0.803. The van der Waals surface area contributed by atoms with Crippen LogP contribution in [0.4, 0.5) is 0 Å². The van der Waals surface area contributed by atoms with E-state index >= 15 is 0 Å². The topological polar surface area (TPSA) is 71.6 Å². The van der Waals surface area contributed by atoms with Crippen molar-refractivity contribution in [3.8, 4) is 22.8 Å². The number of aromatic amines is 1. The van der Waals surface area contributed by atoms with E-state index in [1.165, 1.54) is 5.56 Å². The van der Waals surface area contributed by atoms with Crippen LogP contribution in [-0.2, 0) is 11.2 Å². The normalized spacial score (nSPS) is 10.9. The molecule has 0 aliphatic heterocycles. The number of aliphatic carboxylic acids is 1.